The van der Waals surface area contributed by atoms with Gasteiger partial charge in [-0.25, -0.2) is 0 Å². The Bertz CT molecular complexity index is 679. The fourth-order valence-electron chi connectivity index (χ4n) is 2.86. The van der Waals surface area contributed by atoms with Gasteiger partial charge in [0.2, 0.25) is 0 Å². The zero-order valence-corrected chi connectivity index (χ0v) is 12.9. The Hall–Kier alpha value is -2.29. The highest BCUT2D eigenvalue weighted by Crippen LogP contribution is 2.25. The van der Waals surface area contributed by atoms with Crippen molar-refractivity contribution in [2.24, 2.45) is 0 Å². The quantitative estimate of drug-likeness (QED) is 0.920. The third-order valence-electron chi connectivity index (χ3n) is 4.01. The number of hydrogen-bond acceptors (Lipinski definition) is 2. The minimum absolute atomic E-state index is 0.0601. The Morgan fingerprint density at radius 3 is 2.86 bits per heavy atom. The molecule has 0 saturated heterocycles. The molecular weight excluding hydrogens is 274 g/mol. The Morgan fingerprint density at radius 2 is 2.00 bits per heavy atom. The van der Waals surface area contributed by atoms with Crippen LogP contribution in [0.3, 0.4) is 0 Å². The maximum absolute atomic E-state index is 11.9. The van der Waals surface area contributed by atoms with E-state index in [2.05, 4.69) is 23.5 Å². The molecule has 0 atom stereocenters. The van der Waals surface area contributed by atoms with Crippen molar-refractivity contribution in [1.29, 1.82) is 0 Å². The van der Waals surface area contributed by atoms with E-state index < -0.39 is 0 Å². The fourth-order valence-corrected chi connectivity index (χ4v) is 2.86. The third-order valence-corrected chi connectivity index (χ3v) is 4.01. The average molecular weight is 295 g/mol. The van der Waals surface area contributed by atoms with Gasteiger partial charge in [-0.05, 0) is 55.0 Å². The van der Waals surface area contributed by atoms with E-state index in [1.54, 1.807) is 0 Å². The van der Waals surface area contributed by atoms with Gasteiger partial charge < -0.3 is 10.1 Å². The number of ether oxygens (including phenoxy) is 1. The molecule has 1 N–H and O–H groups in total. The highest BCUT2D eigenvalue weighted by Gasteiger charge is 2.11. The summed E-state index contributed by atoms with van der Waals surface area (Å²) >= 11 is 0. The Kier molecular flexibility index (Phi) is 4.42. The summed E-state index contributed by atoms with van der Waals surface area (Å²) < 4.78 is 5.59. The van der Waals surface area contributed by atoms with Gasteiger partial charge in [0.15, 0.2) is 6.61 Å². The number of hydrogen-bond donors (Lipinski definition) is 1. The van der Waals surface area contributed by atoms with Crippen molar-refractivity contribution >= 4 is 5.91 Å². The predicted octanol–water partition coefficient (Wildman–Crippen LogP) is 3.18. The van der Waals surface area contributed by atoms with Gasteiger partial charge in [0.25, 0.3) is 5.91 Å². The van der Waals surface area contributed by atoms with E-state index in [4.69, 9.17) is 4.74 Å². The van der Waals surface area contributed by atoms with Crippen LogP contribution in [-0.4, -0.2) is 12.5 Å². The predicted molar refractivity (Wildman–Crippen MR) is 87.0 cm³/mol. The molecule has 3 rings (SSSR count). The van der Waals surface area contributed by atoms with E-state index in [0.717, 1.165) is 24.2 Å². The largest absolute Gasteiger partial charge is 0.484 e. The fraction of sp³-hybridized carbons (Fsp3) is 0.316. The zero-order valence-electron chi connectivity index (χ0n) is 12.9. The molecule has 114 valence electrons. The summed E-state index contributed by atoms with van der Waals surface area (Å²) in [5, 5.41) is 2.88. The molecular formula is C19H21NO2. The number of carbonyl (C=O) groups is 1. The molecule has 0 heterocycles. The molecule has 3 heteroatoms. The van der Waals surface area contributed by atoms with Crippen LogP contribution in [0.15, 0.2) is 42.5 Å². The van der Waals surface area contributed by atoms with Crippen molar-refractivity contribution in [1.82, 2.24) is 5.32 Å². The molecule has 0 fully saturated rings. The summed E-state index contributed by atoms with van der Waals surface area (Å²) in [5.41, 5.74) is 5.07. The second-order valence-electron chi connectivity index (χ2n) is 5.84. The first kappa shape index (κ1) is 14.6. The number of nitrogens with one attached hydrogen (secondary N) is 1. The molecule has 0 aliphatic heterocycles. The van der Waals surface area contributed by atoms with E-state index in [1.807, 2.05) is 31.2 Å². The monoisotopic (exact) mass is 295 g/mol. The van der Waals surface area contributed by atoms with Crippen LogP contribution < -0.4 is 10.1 Å². The minimum Gasteiger partial charge on any atom is -0.484 e. The number of amides is 1. The normalized spacial score (nSPS) is 12.8. The van der Waals surface area contributed by atoms with Crippen LogP contribution in [0.4, 0.5) is 0 Å². The van der Waals surface area contributed by atoms with Gasteiger partial charge in [0.1, 0.15) is 5.75 Å². The van der Waals surface area contributed by atoms with Crippen LogP contribution >= 0.6 is 0 Å². The lowest BCUT2D eigenvalue weighted by Crippen LogP contribution is -2.28. The lowest BCUT2D eigenvalue weighted by Gasteiger charge is -2.09. The second kappa shape index (κ2) is 6.65. The maximum Gasteiger partial charge on any atom is 0.258 e. The number of fused-ring (bicyclic) bond motifs is 1. The summed E-state index contributed by atoms with van der Waals surface area (Å²) in [5.74, 6) is 0.688. The standard InChI is InChI=1S/C19H21NO2/c1-14-4-2-5-15(10-14)12-20-19(21)13-22-18-9-8-16-6-3-7-17(16)11-18/h2,4-5,8-11H,3,6-7,12-13H2,1H3,(H,20,21). The first-order chi connectivity index (χ1) is 10.7. The molecule has 0 spiro atoms. The van der Waals surface area contributed by atoms with Crippen LogP contribution in [-0.2, 0) is 24.2 Å². The molecule has 0 aromatic heterocycles. The second-order valence-corrected chi connectivity index (χ2v) is 5.84. The number of rotatable bonds is 5. The minimum atomic E-state index is -0.0954. The van der Waals surface area contributed by atoms with E-state index in [1.165, 1.54) is 23.1 Å². The van der Waals surface area contributed by atoms with Gasteiger partial charge in [-0.1, -0.05) is 35.9 Å². The molecule has 1 amide bonds. The first-order valence-electron chi connectivity index (χ1n) is 7.77. The van der Waals surface area contributed by atoms with Crippen molar-refractivity contribution < 1.29 is 9.53 Å². The smallest absolute Gasteiger partial charge is 0.258 e. The van der Waals surface area contributed by atoms with Gasteiger partial charge in [0, 0.05) is 6.54 Å². The topological polar surface area (TPSA) is 38.3 Å². The lowest BCUT2D eigenvalue weighted by atomic mass is 10.1. The van der Waals surface area contributed by atoms with Crippen molar-refractivity contribution in [3.05, 3.63) is 64.7 Å². The van der Waals surface area contributed by atoms with Gasteiger partial charge in [-0.15, -0.1) is 0 Å². The van der Waals surface area contributed by atoms with E-state index in [-0.39, 0.29) is 12.5 Å². The molecule has 0 bridgehead atoms. The van der Waals surface area contributed by atoms with Crippen LogP contribution in [0.5, 0.6) is 5.75 Å². The lowest BCUT2D eigenvalue weighted by molar-refractivity contribution is -0.123. The molecule has 0 unspecified atom stereocenters. The van der Waals surface area contributed by atoms with Crippen LogP contribution in [0.2, 0.25) is 0 Å². The van der Waals surface area contributed by atoms with Gasteiger partial charge in [-0.3, -0.25) is 4.79 Å². The highest BCUT2D eigenvalue weighted by molar-refractivity contribution is 5.77. The van der Waals surface area contributed by atoms with Gasteiger partial charge >= 0.3 is 0 Å². The molecule has 1 aliphatic carbocycles. The number of aryl methyl sites for hydroxylation is 3. The van der Waals surface area contributed by atoms with E-state index in [0.29, 0.717) is 6.54 Å². The summed E-state index contributed by atoms with van der Waals surface area (Å²) in [6, 6.07) is 14.3. The molecule has 2 aromatic carbocycles. The first-order valence-corrected chi connectivity index (χ1v) is 7.77. The Morgan fingerprint density at radius 1 is 1.14 bits per heavy atom. The molecule has 2 aromatic rings. The van der Waals surface area contributed by atoms with Crippen molar-refractivity contribution in [2.75, 3.05) is 6.61 Å². The summed E-state index contributed by atoms with van der Waals surface area (Å²) in [6.07, 6.45) is 3.49. The van der Waals surface area contributed by atoms with E-state index in [9.17, 15) is 4.79 Å². The highest BCUT2D eigenvalue weighted by atomic mass is 16.5. The van der Waals surface area contributed by atoms with Crippen LogP contribution in [0.1, 0.15) is 28.7 Å². The molecule has 22 heavy (non-hydrogen) atoms. The number of benzene rings is 2. The van der Waals surface area contributed by atoms with Crippen molar-refractivity contribution in [3.8, 4) is 5.75 Å². The van der Waals surface area contributed by atoms with E-state index >= 15 is 0 Å². The van der Waals surface area contributed by atoms with Crippen molar-refractivity contribution in [2.45, 2.75) is 32.7 Å². The summed E-state index contributed by atoms with van der Waals surface area (Å²) in [6.45, 7) is 2.64. The molecule has 3 nitrogen and oxygen atoms in total. The van der Waals surface area contributed by atoms with Crippen molar-refractivity contribution in [3.63, 3.8) is 0 Å². The molecule has 1 aliphatic rings. The number of carbonyl (C=O) groups excluding carboxylic acids is 1. The van der Waals surface area contributed by atoms with Crippen LogP contribution in [0.25, 0.3) is 0 Å². The molecule has 0 saturated carbocycles. The maximum atomic E-state index is 11.9. The summed E-state index contributed by atoms with van der Waals surface area (Å²) in [4.78, 5) is 11.9. The van der Waals surface area contributed by atoms with Gasteiger partial charge in [-0.2, -0.15) is 0 Å². The SMILES string of the molecule is Cc1cccc(CNC(=O)COc2ccc3c(c2)CCC3)c1. The average Bonchev–Trinajstić information content (AvgIpc) is 2.98. The zero-order chi connectivity index (χ0) is 15.4. The van der Waals surface area contributed by atoms with Crippen LogP contribution in [0, 0.1) is 6.92 Å². The Labute approximate surface area is 131 Å². The summed E-state index contributed by atoms with van der Waals surface area (Å²) in [7, 11) is 0. The third kappa shape index (κ3) is 3.67. The van der Waals surface area contributed by atoms with Gasteiger partial charge in [0.05, 0.1) is 0 Å². The Balaban J connectivity index is 1.48. The molecule has 0 radical (unpaired) electrons.